The number of benzene rings is 1. The number of anilines is 1. The monoisotopic (exact) mass is 258 g/mol. The summed E-state index contributed by atoms with van der Waals surface area (Å²) in [6, 6.07) is 3.34. The van der Waals surface area contributed by atoms with Crippen LogP contribution in [0.2, 0.25) is 5.02 Å². The lowest BCUT2D eigenvalue weighted by molar-refractivity contribution is -0.119. The lowest BCUT2D eigenvalue weighted by Gasteiger charge is -2.25. The molecule has 17 heavy (non-hydrogen) atoms. The molecule has 0 saturated heterocycles. The number of halogens is 2. The number of nitrogens with one attached hydrogen (secondary N) is 1. The van der Waals surface area contributed by atoms with Crippen LogP contribution in [0.1, 0.15) is 20.8 Å². The van der Waals surface area contributed by atoms with Crippen molar-refractivity contribution < 1.29 is 9.18 Å². The van der Waals surface area contributed by atoms with Crippen molar-refractivity contribution in [3.05, 3.63) is 29.0 Å². The molecule has 1 aromatic carbocycles. The maximum Gasteiger partial charge on any atom is 0.241 e. The molecule has 0 saturated carbocycles. The van der Waals surface area contributed by atoms with Gasteiger partial charge in [0.05, 0.1) is 11.1 Å². The molecule has 1 rings (SSSR count). The van der Waals surface area contributed by atoms with E-state index in [2.05, 4.69) is 5.32 Å². The van der Waals surface area contributed by atoms with Crippen molar-refractivity contribution in [3.63, 3.8) is 0 Å². The molecular formula is C12H16ClFN2O. The topological polar surface area (TPSA) is 55.1 Å². The molecule has 1 aromatic rings. The second kappa shape index (κ2) is 5.02. The maximum absolute atomic E-state index is 12.9. The van der Waals surface area contributed by atoms with E-state index in [0.29, 0.717) is 5.69 Å². The van der Waals surface area contributed by atoms with E-state index < -0.39 is 11.9 Å². The van der Waals surface area contributed by atoms with Gasteiger partial charge in [-0.15, -0.1) is 0 Å². The molecule has 3 nitrogen and oxygen atoms in total. The molecule has 1 amide bonds. The van der Waals surface area contributed by atoms with Gasteiger partial charge in [0.25, 0.3) is 0 Å². The van der Waals surface area contributed by atoms with Gasteiger partial charge >= 0.3 is 0 Å². The number of amides is 1. The van der Waals surface area contributed by atoms with Crippen LogP contribution >= 0.6 is 11.6 Å². The van der Waals surface area contributed by atoms with E-state index in [9.17, 15) is 9.18 Å². The summed E-state index contributed by atoms with van der Waals surface area (Å²) in [5.41, 5.74) is 5.88. The summed E-state index contributed by atoms with van der Waals surface area (Å²) >= 11 is 5.61. The van der Waals surface area contributed by atoms with Gasteiger partial charge < -0.3 is 11.1 Å². The number of nitrogens with two attached hydrogens (primary N) is 1. The van der Waals surface area contributed by atoms with E-state index in [-0.39, 0.29) is 16.3 Å². The van der Waals surface area contributed by atoms with E-state index in [0.717, 1.165) is 0 Å². The summed E-state index contributed by atoms with van der Waals surface area (Å²) in [4.78, 5) is 11.8. The minimum Gasteiger partial charge on any atom is -0.325 e. The Kier molecular flexibility index (Phi) is 4.11. The molecule has 0 aromatic heterocycles. The van der Waals surface area contributed by atoms with E-state index in [1.165, 1.54) is 18.2 Å². The first-order valence-electron chi connectivity index (χ1n) is 5.23. The van der Waals surface area contributed by atoms with Gasteiger partial charge in [-0.25, -0.2) is 4.39 Å². The quantitative estimate of drug-likeness (QED) is 0.857. The third kappa shape index (κ3) is 3.68. The first-order valence-corrected chi connectivity index (χ1v) is 5.61. The minimum atomic E-state index is -0.647. The molecule has 0 spiro atoms. The number of carbonyl (C=O) groups excluding carboxylic acids is 1. The van der Waals surface area contributed by atoms with E-state index in [1.807, 2.05) is 20.8 Å². The normalized spacial score (nSPS) is 13.3. The Morgan fingerprint density at radius 2 is 2.06 bits per heavy atom. The smallest absolute Gasteiger partial charge is 0.241 e. The highest BCUT2D eigenvalue weighted by Crippen LogP contribution is 2.22. The van der Waals surface area contributed by atoms with Crippen molar-refractivity contribution in [2.75, 3.05) is 5.32 Å². The third-order valence-electron chi connectivity index (χ3n) is 2.40. The fraction of sp³-hybridized carbons (Fsp3) is 0.417. The Bertz CT molecular complexity index is 429. The molecule has 0 fully saturated rings. The van der Waals surface area contributed by atoms with Crippen LogP contribution in [0.3, 0.4) is 0 Å². The Hall–Kier alpha value is -1.13. The molecule has 0 heterocycles. The number of hydrogen-bond acceptors (Lipinski definition) is 2. The predicted octanol–water partition coefficient (Wildman–Crippen LogP) is 2.79. The van der Waals surface area contributed by atoms with Crippen LogP contribution in [0.5, 0.6) is 0 Å². The summed E-state index contributed by atoms with van der Waals surface area (Å²) < 4.78 is 12.9. The molecule has 0 aliphatic rings. The highest BCUT2D eigenvalue weighted by Gasteiger charge is 2.27. The summed E-state index contributed by atoms with van der Waals surface area (Å²) in [5.74, 6) is -0.843. The Labute approximate surface area is 105 Å². The maximum atomic E-state index is 12.9. The van der Waals surface area contributed by atoms with Gasteiger partial charge in [-0.2, -0.15) is 0 Å². The van der Waals surface area contributed by atoms with E-state index >= 15 is 0 Å². The standard InChI is InChI=1S/C12H16ClFN2O/c1-12(2,3)10(15)11(17)16-7-4-5-9(14)8(13)6-7/h4-6,10H,15H2,1-3H3,(H,16,17). The molecule has 0 radical (unpaired) electrons. The highest BCUT2D eigenvalue weighted by molar-refractivity contribution is 6.31. The zero-order valence-corrected chi connectivity index (χ0v) is 10.8. The van der Waals surface area contributed by atoms with Crippen molar-refractivity contribution in [2.45, 2.75) is 26.8 Å². The van der Waals surface area contributed by atoms with Gasteiger partial charge in [-0.3, -0.25) is 4.79 Å². The van der Waals surface area contributed by atoms with Gasteiger partial charge in [-0.1, -0.05) is 32.4 Å². The largest absolute Gasteiger partial charge is 0.325 e. The lowest BCUT2D eigenvalue weighted by atomic mass is 9.87. The Morgan fingerprint density at radius 3 is 2.53 bits per heavy atom. The molecule has 1 unspecified atom stereocenters. The molecule has 3 N–H and O–H groups in total. The number of rotatable bonds is 2. The Morgan fingerprint density at radius 1 is 1.47 bits per heavy atom. The van der Waals surface area contributed by atoms with Crippen molar-refractivity contribution >= 4 is 23.2 Å². The van der Waals surface area contributed by atoms with Gasteiger partial charge in [-0.05, 0) is 23.6 Å². The third-order valence-corrected chi connectivity index (χ3v) is 2.69. The zero-order chi connectivity index (χ0) is 13.2. The van der Waals surface area contributed by atoms with Crippen LogP contribution in [0, 0.1) is 11.2 Å². The van der Waals surface area contributed by atoms with Crippen molar-refractivity contribution in [3.8, 4) is 0 Å². The number of carbonyl (C=O) groups is 1. The molecular weight excluding hydrogens is 243 g/mol. The molecule has 5 heteroatoms. The highest BCUT2D eigenvalue weighted by atomic mass is 35.5. The molecule has 0 aliphatic carbocycles. The molecule has 1 atom stereocenters. The van der Waals surface area contributed by atoms with Gasteiger partial charge in [0, 0.05) is 5.69 Å². The SMILES string of the molecule is CC(C)(C)C(N)C(=O)Nc1ccc(F)c(Cl)c1. The Balaban J connectivity index is 2.78. The second-order valence-corrected chi connectivity index (χ2v) is 5.37. The molecule has 0 bridgehead atoms. The fourth-order valence-electron chi connectivity index (χ4n) is 1.19. The van der Waals surface area contributed by atoms with Crippen LogP contribution in [-0.2, 0) is 4.79 Å². The lowest BCUT2D eigenvalue weighted by Crippen LogP contribution is -2.45. The van der Waals surface area contributed by atoms with E-state index in [1.54, 1.807) is 0 Å². The van der Waals surface area contributed by atoms with Crippen LogP contribution in [0.4, 0.5) is 10.1 Å². The second-order valence-electron chi connectivity index (χ2n) is 4.96. The van der Waals surface area contributed by atoms with Crippen molar-refractivity contribution in [1.29, 1.82) is 0 Å². The first kappa shape index (κ1) is 13.9. The predicted molar refractivity (Wildman–Crippen MR) is 67.5 cm³/mol. The molecule has 94 valence electrons. The van der Waals surface area contributed by atoms with Crippen LogP contribution in [0.25, 0.3) is 0 Å². The average molecular weight is 259 g/mol. The summed E-state index contributed by atoms with van der Waals surface area (Å²) in [5, 5.41) is 2.57. The van der Waals surface area contributed by atoms with Crippen molar-refractivity contribution in [2.24, 2.45) is 11.1 Å². The average Bonchev–Trinajstić information content (AvgIpc) is 2.21. The molecule has 0 aliphatic heterocycles. The summed E-state index contributed by atoms with van der Waals surface area (Å²) in [6.45, 7) is 5.61. The van der Waals surface area contributed by atoms with E-state index in [4.69, 9.17) is 17.3 Å². The van der Waals surface area contributed by atoms with Gasteiger partial charge in [0.2, 0.25) is 5.91 Å². The summed E-state index contributed by atoms with van der Waals surface area (Å²) in [7, 11) is 0. The number of hydrogen-bond donors (Lipinski definition) is 2. The minimum absolute atomic E-state index is 0.0351. The van der Waals surface area contributed by atoms with Crippen LogP contribution in [0.15, 0.2) is 18.2 Å². The van der Waals surface area contributed by atoms with Gasteiger partial charge in [0.1, 0.15) is 5.82 Å². The van der Waals surface area contributed by atoms with Crippen LogP contribution in [-0.4, -0.2) is 11.9 Å². The first-order chi connectivity index (χ1) is 7.71. The fourth-order valence-corrected chi connectivity index (χ4v) is 1.37. The van der Waals surface area contributed by atoms with Crippen LogP contribution < -0.4 is 11.1 Å². The summed E-state index contributed by atoms with van der Waals surface area (Å²) in [6.07, 6.45) is 0. The van der Waals surface area contributed by atoms with Gasteiger partial charge in [0.15, 0.2) is 0 Å². The van der Waals surface area contributed by atoms with Crippen molar-refractivity contribution in [1.82, 2.24) is 0 Å². The zero-order valence-electron chi connectivity index (χ0n) is 10.1.